The number of fused-ring (bicyclic) bond motifs is 1. The Bertz CT molecular complexity index is 563. The Labute approximate surface area is 129 Å². The van der Waals surface area contributed by atoms with Crippen LogP contribution < -0.4 is 5.73 Å². The number of halogens is 1. The van der Waals surface area contributed by atoms with E-state index in [-0.39, 0.29) is 11.8 Å². The second-order valence-electron chi connectivity index (χ2n) is 6.26. The van der Waals surface area contributed by atoms with Gasteiger partial charge in [0.05, 0.1) is 21.9 Å². The van der Waals surface area contributed by atoms with Crippen LogP contribution in [0, 0.1) is 5.92 Å². The van der Waals surface area contributed by atoms with Crippen LogP contribution in [0.1, 0.15) is 42.5 Å². The maximum absolute atomic E-state index is 12.7. The molecule has 1 heterocycles. The fourth-order valence-electron chi connectivity index (χ4n) is 3.64. The Morgan fingerprint density at radius 1 is 1.38 bits per heavy atom. The molecule has 21 heavy (non-hydrogen) atoms. The van der Waals surface area contributed by atoms with E-state index in [2.05, 4.69) is 0 Å². The van der Waals surface area contributed by atoms with Crippen LogP contribution in [0.5, 0.6) is 0 Å². The van der Waals surface area contributed by atoms with Crippen molar-refractivity contribution in [3.8, 4) is 0 Å². The number of piperidine rings is 1. The van der Waals surface area contributed by atoms with E-state index in [9.17, 15) is 9.90 Å². The SMILES string of the molecule is Nc1cccc(C(=O)N2CCC3(O)CCCCC3C2)c1Cl. The minimum atomic E-state index is -0.575. The van der Waals surface area contributed by atoms with Crippen LogP contribution in [-0.2, 0) is 0 Å². The van der Waals surface area contributed by atoms with Crippen LogP contribution in [0.2, 0.25) is 5.02 Å². The van der Waals surface area contributed by atoms with Gasteiger partial charge in [0.15, 0.2) is 0 Å². The van der Waals surface area contributed by atoms with Gasteiger partial charge in [0.2, 0.25) is 0 Å². The number of nitrogens with zero attached hydrogens (tertiary/aromatic N) is 1. The molecule has 1 aromatic carbocycles. The highest BCUT2D eigenvalue weighted by Crippen LogP contribution is 2.40. The monoisotopic (exact) mass is 308 g/mol. The largest absolute Gasteiger partial charge is 0.398 e. The predicted octanol–water partition coefficient (Wildman–Crippen LogP) is 2.69. The number of aliphatic hydroxyl groups is 1. The Balaban J connectivity index is 1.79. The average Bonchev–Trinajstić information content (AvgIpc) is 2.48. The molecule has 1 aliphatic heterocycles. The Kier molecular flexibility index (Phi) is 3.84. The minimum Gasteiger partial charge on any atom is -0.398 e. The first kappa shape index (κ1) is 14.7. The molecule has 5 heteroatoms. The van der Waals surface area contributed by atoms with E-state index in [1.807, 2.05) is 4.90 Å². The van der Waals surface area contributed by atoms with Gasteiger partial charge in [-0.2, -0.15) is 0 Å². The maximum Gasteiger partial charge on any atom is 0.255 e. The quantitative estimate of drug-likeness (QED) is 0.784. The van der Waals surface area contributed by atoms with Crippen LogP contribution in [0.15, 0.2) is 18.2 Å². The van der Waals surface area contributed by atoms with Crippen molar-refractivity contribution in [2.45, 2.75) is 37.7 Å². The highest BCUT2D eigenvalue weighted by atomic mass is 35.5. The molecule has 1 aromatic rings. The van der Waals surface area contributed by atoms with Crippen LogP contribution >= 0.6 is 11.6 Å². The number of anilines is 1. The summed E-state index contributed by atoms with van der Waals surface area (Å²) in [4.78, 5) is 14.5. The normalized spacial score (nSPS) is 29.0. The van der Waals surface area contributed by atoms with Gasteiger partial charge in [0, 0.05) is 19.0 Å². The fraction of sp³-hybridized carbons (Fsp3) is 0.562. The Hall–Kier alpha value is -1.26. The summed E-state index contributed by atoms with van der Waals surface area (Å²) in [6.07, 6.45) is 4.73. The smallest absolute Gasteiger partial charge is 0.255 e. The molecule has 4 nitrogen and oxygen atoms in total. The van der Waals surface area contributed by atoms with Gasteiger partial charge in [-0.05, 0) is 31.4 Å². The van der Waals surface area contributed by atoms with Crippen molar-refractivity contribution in [1.82, 2.24) is 4.90 Å². The molecule has 1 amide bonds. The highest BCUT2D eigenvalue weighted by molar-refractivity contribution is 6.36. The summed E-state index contributed by atoms with van der Waals surface area (Å²) < 4.78 is 0. The minimum absolute atomic E-state index is 0.0834. The van der Waals surface area contributed by atoms with Crippen molar-refractivity contribution in [1.29, 1.82) is 0 Å². The van der Waals surface area contributed by atoms with Gasteiger partial charge in [0.1, 0.15) is 0 Å². The summed E-state index contributed by atoms with van der Waals surface area (Å²) in [7, 11) is 0. The van der Waals surface area contributed by atoms with Gasteiger partial charge in [-0.1, -0.05) is 30.5 Å². The number of likely N-dealkylation sites (tertiary alicyclic amines) is 1. The summed E-state index contributed by atoms with van der Waals surface area (Å²) in [5, 5.41) is 11.0. The van der Waals surface area contributed by atoms with E-state index in [4.69, 9.17) is 17.3 Å². The first-order valence-electron chi connectivity index (χ1n) is 7.57. The second kappa shape index (κ2) is 5.50. The average molecular weight is 309 g/mol. The summed E-state index contributed by atoms with van der Waals surface area (Å²) in [6, 6.07) is 5.15. The molecular weight excluding hydrogens is 288 g/mol. The molecule has 1 saturated carbocycles. The zero-order valence-electron chi connectivity index (χ0n) is 12.0. The Morgan fingerprint density at radius 2 is 2.19 bits per heavy atom. The van der Waals surface area contributed by atoms with Gasteiger partial charge in [-0.15, -0.1) is 0 Å². The van der Waals surface area contributed by atoms with Crippen molar-refractivity contribution in [3.05, 3.63) is 28.8 Å². The molecule has 0 bridgehead atoms. The lowest BCUT2D eigenvalue weighted by Gasteiger charge is -2.47. The number of hydrogen-bond acceptors (Lipinski definition) is 3. The van der Waals surface area contributed by atoms with E-state index in [1.54, 1.807) is 18.2 Å². The number of amides is 1. The van der Waals surface area contributed by atoms with Gasteiger partial charge in [0.25, 0.3) is 5.91 Å². The first-order chi connectivity index (χ1) is 10.0. The zero-order valence-corrected chi connectivity index (χ0v) is 12.8. The van der Waals surface area contributed by atoms with Crippen molar-refractivity contribution in [3.63, 3.8) is 0 Å². The zero-order chi connectivity index (χ0) is 15.0. The molecular formula is C16H21ClN2O2. The van der Waals surface area contributed by atoms with E-state index < -0.39 is 5.60 Å². The third-order valence-corrected chi connectivity index (χ3v) is 5.40. The maximum atomic E-state index is 12.7. The lowest BCUT2D eigenvalue weighted by Crippen LogP contribution is -2.54. The molecule has 1 aliphatic carbocycles. The molecule has 2 atom stereocenters. The first-order valence-corrected chi connectivity index (χ1v) is 7.95. The Morgan fingerprint density at radius 3 is 3.00 bits per heavy atom. The van der Waals surface area contributed by atoms with Crippen molar-refractivity contribution in [2.75, 3.05) is 18.8 Å². The van der Waals surface area contributed by atoms with E-state index in [0.29, 0.717) is 35.8 Å². The van der Waals surface area contributed by atoms with E-state index >= 15 is 0 Å². The topological polar surface area (TPSA) is 66.6 Å². The highest BCUT2D eigenvalue weighted by Gasteiger charge is 2.43. The molecule has 0 spiro atoms. The number of nitrogen functional groups attached to an aromatic ring is 1. The van der Waals surface area contributed by atoms with Gasteiger partial charge in [-0.3, -0.25) is 4.79 Å². The number of benzene rings is 1. The van der Waals surface area contributed by atoms with E-state index in [0.717, 1.165) is 25.7 Å². The molecule has 114 valence electrons. The van der Waals surface area contributed by atoms with E-state index in [1.165, 1.54) is 0 Å². The third-order valence-electron chi connectivity index (χ3n) is 4.97. The summed E-state index contributed by atoms with van der Waals surface area (Å²) in [5.41, 5.74) is 6.08. The lowest BCUT2D eigenvalue weighted by atomic mass is 9.71. The molecule has 2 aliphatic rings. The third kappa shape index (κ3) is 2.62. The second-order valence-corrected chi connectivity index (χ2v) is 6.63. The number of hydrogen-bond donors (Lipinski definition) is 2. The molecule has 3 N–H and O–H groups in total. The molecule has 2 fully saturated rings. The number of rotatable bonds is 1. The number of carbonyl (C=O) groups is 1. The summed E-state index contributed by atoms with van der Waals surface area (Å²) >= 11 is 6.15. The lowest BCUT2D eigenvalue weighted by molar-refractivity contribution is -0.0886. The summed E-state index contributed by atoms with van der Waals surface area (Å²) in [5.74, 6) is 0.101. The predicted molar refractivity (Wildman–Crippen MR) is 83.3 cm³/mol. The van der Waals surface area contributed by atoms with Crippen LogP contribution in [0.25, 0.3) is 0 Å². The number of nitrogens with two attached hydrogens (primary N) is 1. The molecule has 2 unspecified atom stereocenters. The molecule has 3 rings (SSSR count). The van der Waals surface area contributed by atoms with Crippen molar-refractivity contribution < 1.29 is 9.90 Å². The van der Waals surface area contributed by atoms with Gasteiger partial charge >= 0.3 is 0 Å². The van der Waals surface area contributed by atoms with Gasteiger partial charge in [-0.25, -0.2) is 0 Å². The molecule has 0 radical (unpaired) electrons. The standard InChI is InChI=1S/C16H21ClN2O2/c17-14-12(5-3-6-13(14)18)15(20)19-9-8-16(21)7-2-1-4-11(16)10-19/h3,5-6,11,21H,1-2,4,7-10,18H2. The van der Waals surface area contributed by atoms with Crippen LogP contribution in [0.3, 0.4) is 0 Å². The molecule has 0 aromatic heterocycles. The number of carbonyl (C=O) groups excluding carboxylic acids is 1. The fourth-order valence-corrected chi connectivity index (χ4v) is 3.85. The van der Waals surface area contributed by atoms with Gasteiger partial charge < -0.3 is 15.7 Å². The van der Waals surface area contributed by atoms with Crippen LogP contribution in [0.4, 0.5) is 5.69 Å². The summed E-state index contributed by atoms with van der Waals surface area (Å²) in [6.45, 7) is 1.19. The van der Waals surface area contributed by atoms with Crippen LogP contribution in [-0.4, -0.2) is 34.6 Å². The van der Waals surface area contributed by atoms with Crippen molar-refractivity contribution >= 4 is 23.2 Å². The molecule has 1 saturated heterocycles. The van der Waals surface area contributed by atoms with Crippen molar-refractivity contribution in [2.24, 2.45) is 5.92 Å².